The highest BCUT2D eigenvalue weighted by Crippen LogP contribution is 2.28. The van der Waals surface area contributed by atoms with Crippen molar-refractivity contribution in [1.82, 2.24) is 4.90 Å². The van der Waals surface area contributed by atoms with Gasteiger partial charge in [0.1, 0.15) is 5.75 Å². The van der Waals surface area contributed by atoms with Crippen molar-refractivity contribution in [2.75, 3.05) is 13.1 Å². The molecule has 1 atom stereocenters. The van der Waals surface area contributed by atoms with Gasteiger partial charge in [0.2, 0.25) is 10.0 Å². The van der Waals surface area contributed by atoms with Crippen molar-refractivity contribution in [2.24, 2.45) is 5.14 Å². The van der Waals surface area contributed by atoms with Gasteiger partial charge in [-0.1, -0.05) is 11.6 Å². The number of sulfonamides is 1. The van der Waals surface area contributed by atoms with Crippen LogP contribution in [0, 0.1) is 0 Å². The predicted octanol–water partition coefficient (Wildman–Crippen LogP) is 1.38. The van der Waals surface area contributed by atoms with Crippen molar-refractivity contribution in [3.63, 3.8) is 0 Å². The van der Waals surface area contributed by atoms with E-state index in [0.717, 1.165) is 25.9 Å². The monoisotopic (exact) mass is 332 g/mol. The number of hydrogen-bond donors (Lipinski definition) is 1. The number of hydrogen-bond acceptors (Lipinski definition) is 4. The van der Waals surface area contributed by atoms with Crippen molar-refractivity contribution in [1.29, 1.82) is 0 Å². The second-order valence-electron chi connectivity index (χ2n) is 4.93. The van der Waals surface area contributed by atoms with E-state index in [1.807, 2.05) is 0 Å². The van der Waals surface area contributed by atoms with Gasteiger partial charge in [-0.3, -0.25) is 4.79 Å². The SMILES string of the molecule is CC(Oc1ccc(S(N)(=O)=O)cc1Cl)C(=O)N1CCCC1. The topological polar surface area (TPSA) is 89.7 Å². The van der Waals surface area contributed by atoms with E-state index in [2.05, 4.69) is 0 Å². The van der Waals surface area contributed by atoms with Gasteiger partial charge in [-0.25, -0.2) is 13.6 Å². The van der Waals surface area contributed by atoms with Crippen molar-refractivity contribution < 1.29 is 17.9 Å². The molecule has 2 rings (SSSR count). The highest BCUT2D eigenvalue weighted by Gasteiger charge is 2.25. The third-order valence-electron chi connectivity index (χ3n) is 3.30. The predicted molar refractivity (Wildman–Crippen MR) is 78.7 cm³/mol. The number of carbonyl (C=O) groups is 1. The molecule has 1 aliphatic rings. The number of primary sulfonamides is 1. The summed E-state index contributed by atoms with van der Waals surface area (Å²) < 4.78 is 28.0. The van der Waals surface area contributed by atoms with Crippen LogP contribution in [-0.4, -0.2) is 38.4 Å². The van der Waals surface area contributed by atoms with Crippen LogP contribution in [0.2, 0.25) is 5.02 Å². The molecule has 1 unspecified atom stereocenters. The molecule has 0 aliphatic carbocycles. The van der Waals surface area contributed by atoms with Gasteiger partial charge < -0.3 is 9.64 Å². The minimum atomic E-state index is -3.82. The highest BCUT2D eigenvalue weighted by atomic mass is 35.5. The molecular formula is C13H17ClN2O4S. The van der Waals surface area contributed by atoms with Gasteiger partial charge >= 0.3 is 0 Å². The van der Waals surface area contributed by atoms with Crippen LogP contribution in [0.1, 0.15) is 19.8 Å². The summed E-state index contributed by atoms with van der Waals surface area (Å²) in [6.07, 6.45) is 1.32. The maximum Gasteiger partial charge on any atom is 0.263 e. The number of likely N-dealkylation sites (tertiary alicyclic amines) is 1. The molecule has 0 saturated carbocycles. The number of rotatable bonds is 4. The number of carbonyl (C=O) groups excluding carboxylic acids is 1. The normalized spacial score (nSPS) is 16.8. The molecular weight excluding hydrogens is 316 g/mol. The molecule has 1 heterocycles. The van der Waals surface area contributed by atoms with Crippen molar-refractivity contribution >= 4 is 27.5 Å². The van der Waals surface area contributed by atoms with Gasteiger partial charge in [0, 0.05) is 13.1 Å². The summed E-state index contributed by atoms with van der Waals surface area (Å²) in [5.74, 6) is 0.156. The maximum atomic E-state index is 12.1. The summed E-state index contributed by atoms with van der Waals surface area (Å²) in [4.78, 5) is 13.8. The third kappa shape index (κ3) is 3.87. The van der Waals surface area contributed by atoms with E-state index in [1.165, 1.54) is 18.2 Å². The molecule has 8 heteroatoms. The van der Waals surface area contributed by atoms with E-state index >= 15 is 0 Å². The lowest BCUT2D eigenvalue weighted by Gasteiger charge is -2.21. The van der Waals surface area contributed by atoms with Crippen LogP contribution in [0.5, 0.6) is 5.75 Å². The molecule has 6 nitrogen and oxygen atoms in total. The zero-order valence-electron chi connectivity index (χ0n) is 11.6. The van der Waals surface area contributed by atoms with Crippen LogP contribution >= 0.6 is 11.6 Å². The lowest BCUT2D eigenvalue weighted by atomic mass is 10.3. The first-order valence-corrected chi connectivity index (χ1v) is 8.49. The van der Waals surface area contributed by atoms with E-state index in [1.54, 1.807) is 11.8 Å². The molecule has 1 aliphatic heterocycles. The molecule has 0 spiro atoms. The first-order valence-electron chi connectivity index (χ1n) is 6.57. The molecule has 0 radical (unpaired) electrons. The van der Waals surface area contributed by atoms with Crippen LogP contribution in [-0.2, 0) is 14.8 Å². The Bertz CT molecular complexity index is 642. The van der Waals surface area contributed by atoms with E-state index in [-0.39, 0.29) is 21.6 Å². The average molecular weight is 333 g/mol. The number of halogens is 1. The molecule has 1 aromatic carbocycles. The minimum absolute atomic E-state index is 0.0981. The second-order valence-corrected chi connectivity index (χ2v) is 6.90. The van der Waals surface area contributed by atoms with Crippen molar-refractivity contribution in [3.05, 3.63) is 23.2 Å². The number of ether oxygens (including phenoxy) is 1. The highest BCUT2D eigenvalue weighted by molar-refractivity contribution is 7.89. The smallest absolute Gasteiger partial charge is 0.263 e. The molecule has 1 saturated heterocycles. The summed E-state index contributed by atoms with van der Waals surface area (Å²) in [5.41, 5.74) is 0. The molecule has 21 heavy (non-hydrogen) atoms. The van der Waals surface area contributed by atoms with Gasteiger partial charge in [-0.15, -0.1) is 0 Å². The average Bonchev–Trinajstić information content (AvgIpc) is 2.92. The van der Waals surface area contributed by atoms with Crippen LogP contribution in [0.25, 0.3) is 0 Å². The molecule has 1 fully saturated rings. The zero-order valence-corrected chi connectivity index (χ0v) is 13.2. The summed E-state index contributed by atoms with van der Waals surface area (Å²) >= 11 is 5.97. The molecule has 1 amide bonds. The Balaban J connectivity index is 2.10. The Morgan fingerprint density at radius 2 is 2.00 bits per heavy atom. The van der Waals surface area contributed by atoms with Crippen LogP contribution in [0.3, 0.4) is 0 Å². The zero-order chi connectivity index (χ0) is 15.6. The number of benzene rings is 1. The summed E-state index contributed by atoms with van der Waals surface area (Å²) in [7, 11) is -3.82. The number of nitrogens with two attached hydrogens (primary N) is 1. The van der Waals surface area contributed by atoms with E-state index in [9.17, 15) is 13.2 Å². The van der Waals surface area contributed by atoms with Crippen LogP contribution in [0.15, 0.2) is 23.1 Å². The summed E-state index contributed by atoms with van der Waals surface area (Å²) in [5, 5.41) is 5.12. The molecule has 2 N–H and O–H groups in total. The van der Waals surface area contributed by atoms with Crippen molar-refractivity contribution in [2.45, 2.75) is 30.8 Å². The quantitative estimate of drug-likeness (QED) is 0.901. The summed E-state index contributed by atoms with van der Waals surface area (Å²) in [6.45, 7) is 3.12. The van der Waals surface area contributed by atoms with Gasteiger partial charge in [-0.05, 0) is 38.0 Å². The lowest BCUT2D eigenvalue weighted by Crippen LogP contribution is -2.38. The summed E-state index contributed by atoms with van der Waals surface area (Å²) in [6, 6.07) is 3.90. The third-order valence-corrected chi connectivity index (χ3v) is 4.51. The fraction of sp³-hybridized carbons (Fsp3) is 0.462. The Labute approximate surface area is 128 Å². The Morgan fingerprint density at radius 1 is 1.38 bits per heavy atom. The van der Waals surface area contributed by atoms with E-state index < -0.39 is 16.1 Å². The largest absolute Gasteiger partial charge is 0.479 e. The number of amides is 1. The van der Waals surface area contributed by atoms with Crippen LogP contribution < -0.4 is 9.88 Å². The Kier molecular flexibility index (Phi) is 4.75. The second kappa shape index (κ2) is 6.21. The van der Waals surface area contributed by atoms with Gasteiger partial charge in [0.05, 0.1) is 9.92 Å². The fourth-order valence-corrected chi connectivity index (χ4v) is 3.02. The van der Waals surface area contributed by atoms with E-state index in [0.29, 0.717) is 0 Å². The fourth-order valence-electron chi connectivity index (χ4n) is 2.19. The van der Waals surface area contributed by atoms with Gasteiger partial charge in [-0.2, -0.15) is 0 Å². The molecule has 116 valence electrons. The maximum absolute atomic E-state index is 12.1. The Morgan fingerprint density at radius 3 is 2.52 bits per heavy atom. The van der Waals surface area contributed by atoms with Gasteiger partial charge in [0.25, 0.3) is 5.91 Å². The number of nitrogens with zero attached hydrogens (tertiary/aromatic N) is 1. The molecule has 1 aromatic rings. The van der Waals surface area contributed by atoms with Crippen molar-refractivity contribution in [3.8, 4) is 5.75 Å². The molecule has 0 aromatic heterocycles. The first kappa shape index (κ1) is 16.1. The standard InChI is InChI=1S/C13H17ClN2O4S/c1-9(13(17)16-6-2-3-7-16)20-12-5-4-10(8-11(12)14)21(15,18)19/h4-5,8-9H,2-3,6-7H2,1H3,(H2,15,18,19). The van der Waals surface area contributed by atoms with Crippen LogP contribution in [0.4, 0.5) is 0 Å². The minimum Gasteiger partial charge on any atom is -0.479 e. The first-order chi connectivity index (χ1) is 9.79. The Hall–Kier alpha value is -1.31. The van der Waals surface area contributed by atoms with Gasteiger partial charge in [0.15, 0.2) is 6.10 Å². The lowest BCUT2D eigenvalue weighted by molar-refractivity contribution is -0.136. The van der Waals surface area contributed by atoms with E-state index in [4.69, 9.17) is 21.5 Å². The molecule has 0 bridgehead atoms.